The first-order chi connectivity index (χ1) is 14.2. The van der Waals surface area contributed by atoms with Gasteiger partial charge in [-0.2, -0.15) is 0 Å². The molecule has 8 heteroatoms. The number of benzene rings is 1. The van der Waals surface area contributed by atoms with E-state index in [9.17, 15) is 14.7 Å². The molecule has 1 atom stereocenters. The predicted molar refractivity (Wildman–Crippen MR) is 112 cm³/mol. The summed E-state index contributed by atoms with van der Waals surface area (Å²) in [5.41, 5.74) is 1.62. The van der Waals surface area contributed by atoms with Crippen molar-refractivity contribution in [3.8, 4) is 5.75 Å². The number of ether oxygens (including phenoxy) is 1. The Bertz CT molecular complexity index is 999. The van der Waals surface area contributed by atoms with Crippen LogP contribution in [0.4, 0.5) is 0 Å². The minimum absolute atomic E-state index is 0.0412. The van der Waals surface area contributed by atoms with E-state index in [2.05, 4.69) is 9.97 Å². The van der Waals surface area contributed by atoms with Gasteiger partial charge in [0, 0.05) is 19.3 Å². The van der Waals surface area contributed by atoms with Crippen molar-refractivity contribution in [1.82, 2.24) is 19.8 Å². The van der Waals surface area contributed by atoms with Crippen LogP contribution in [0.25, 0.3) is 5.76 Å². The van der Waals surface area contributed by atoms with E-state index in [0.717, 1.165) is 0 Å². The van der Waals surface area contributed by atoms with Crippen LogP contribution in [0.3, 0.4) is 0 Å². The van der Waals surface area contributed by atoms with E-state index in [4.69, 9.17) is 4.74 Å². The van der Waals surface area contributed by atoms with Crippen molar-refractivity contribution in [2.75, 3.05) is 34.3 Å². The SMILES string of the molecule is COc1ccc([C@@H]2/C(=C(\O)c3cnc(C)nc3C)C(=O)C(=O)N2CCN(C)C)cc1. The number of Topliss-reactive ketones (excluding diaryl/α,β-unsaturated/α-hetero) is 1. The maximum atomic E-state index is 13.0. The molecule has 1 saturated heterocycles. The van der Waals surface area contributed by atoms with Crippen molar-refractivity contribution in [3.63, 3.8) is 0 Å². The summed E-state index contributed by atoms with van der Waals surface area (Å²) in [6.07, 6.45) is 1.48. The summed E-state index contributed by atoms with van der Waals surface area (Å²) in [6.45, 7) is 4.39. The van der Waals surface area contributed by atoms with Crippen molar-refractivity contribution in [2.45, 2.75) is 19.9 Å². The Morgan fingerprint density at radius 2 is 1.87 bits per heavy atom. The van der Waals surface area contributed by atoms with Crippen LogP contribution in [0.5, 0.6) is 5.75 Å². The molecule has 1 amide bonds. The van der Waals surface area contributed by atoms with Crippen LogP contribution < -0.4 is 4.74 Å². The zero-order chi connectivity index (χ0) is 22.0. The molecule has 1 aliphatic heterocycles. The molecule has 2 aromatic rings. The molecule has 0 radical (unpaired) electrons. The van der Waals surface area contributed by atoms with Gasteiger partial charge in [-0.05, 0) is 45.6 Å². The number of methoxy groups -OCH3 is 1. The molecule has 1 aliphatic rings. The molecule has 0 bridgehead atoms. The Balaban J connectivity index is 2.16. The molecule has 0 spiro atoms. The van der Waals surface area contributed by atoms with Gasteiger partial charge in [0.15, 0.2) is 0 Å². The highest BCUT2D eigenvalue weighted by molar-refractivity contribution is 6.46. The number of aryl methyl sites for hydroxylation is 2. The van der Waals surface area contributed by atoms with E-state index < -0.39 is 17.7 Å². The van der Waals surface area contributed by atoms with Crippen molar-refractivity contribution in [1.29, 1.82) is 0 Å². The average Bonchev–Trinajstić information content (AvgIpc) is 2.96. The number of hydrogen-bond donors (Lipinski definition) is 1. The third-order valence-electron chi connectivity index (χ3n) is 5.11. The zero-order valence-corrected chi connectivity index (χ0v) is 17.8. The number of carbonyl (C=O) groups is 2. The van der Waals surface area contributed by atoms with Gasteiger partial charge in [0.1, 0.15) is 17.3 Å². The van der Waals surface area contributed by atoms with E-state index >= 15 is 0 Å². The first-order valence-corrected chi connectivity index (χ1v) is 9.62. The van der Waals surface area contributed by atoms with Crippen molar-refractivity contribution in [3.05, 3.63) is 58.7 Å². The number of rotatable bonds is 6. The van der Waals surface area contributed by atoms with Gasteiger partial charge < -0.3 is 19.6 Å². The molecule has 8 nitrogen and oxygen atoms in total. The molecule has 2 heterocycles. The summed E-state index contributed by atoms with van der Waals surface area (Å²) in [5, 5.41) is 11.1. The minimum atomic E-state index is -0.716. The second-order valence-corrected chi connectivity index (χ2v) is 7.49. The monoisotopic (exact) mass is 410 g/mol. The van der Waals surface area contributed by atoms with Crippen LogP contribution >= 0.6 is 0 Å². The average molecular weight is 410 g/mol. The first kappa shape index (κ1) is 21.4. The van der Waals surface area contributed by atoms with Gasteiger partial charge in [0.05, 0.1) is 30.0 Å². The van der Waals surface area contributed by atoms with E-state index in [1.807, 2.05) is 19.0 Å². The first-order valence-electron chi connectivity index (χ1n) is 9.62. The lowest BCUT2D eigenvalue weighted by molar-refractivity contribution is -0.140. The zero-order valence-electron chi connectivity index (χ0n) is 17.8. The fourth-order valence-corrected chi connectivity index (χ4v) is 3.51. The number of aliphatic hydroxyl groups is 1. The molecule has 30 heavy (non-hydrogen) atoms. The quantitative estimate of drug-likeness (QED) is 0.442. The van der Waals surface area contributed by atoms with Crippen molar-refractivity contribution >= 4 is 17.4 Å². The maximum Gasteiger partial charge on any atom is 0.295 e. The standard InChI is InChI=1S/C22H26N4O4/c1-13-17(12-23-14(2)24-13)20(27)18-19(15-6-8-16(30-5)9-7-15)26(11-10-25(3)4)22(29)21(18)28/h6-9,12,19,27H,10-11H2,1-5H3/b20-18+/t19-/m1/s1. The van der Waals surface area contributed by atoms with E-state index in [-0.39, 0.29) is 11.3 Å². The topological polar surface area (TPSA) is 95.9 Å². The summed E-state index contributed by atoms with van der Waals surface area (Å²) in [7, 11) is 5.36. The molecule has 1 N–H and O–H groups in total. The van der Waals surface area contributed by atoms with Gasteiger partial charge in [-0.1, -0.05) is 12.1 Å². The predicted octanol–water partition coefficient (Wildman–Crippen LogP) is 2.09. The van der Waals surface area contributed by atoms with Crippen molar-refractivity contribution in [2.24, 2.45) is 0 Å². The second kappa shape index (κ2) is 8.62. The molecule has 3 rings (SSSR count). The molecule has 1 aromatic heterocycles. The molecule has 0 aliphatic carbocycles. The van der Waals surface area contributed by atoms with Crippen molar-refractivity contribution < 1.29 is 19.4 Å². The van der Waals surface area contributed by atoms with Crippen LogP contribution in [-0.2, 0) is 9.59 Å². The Kier molecular flexibility index (Phi) is 6.17. The van der Waals surface area contributed by atoms with E-state index in [1.165, 1.54) is 11.1 Å². The molecular formula is C22H26N4O4. The highest BCUT2D eigenvalue weighted by atomic mass is 16.5. The fourth-order valence-electron chi connectivity index (χ4n) is 3.51. The summed E-state index contributed by atoms with van der Waals surface area (Å²) in [5.74, 6) is -0.398. The Morgan fingerprint density at radius 1 is 1.20 bits per heavy atom. The maximum absolute atomic E-state index is 13.0. The van der Waals surface area contributed by atoms with Gasteiger partial charge in [-0.25, -0.2) is 9.97 Å². The molecule has 0 saturated carbocycles. The molecule has 158 valence electrons. The molecule has 1 aromatic carbocycles. The van der Waals surface area contributed by atoms with Gasteiger partial charge in [-0.3, -0.25) is 9.59 Å². The van der Waals surface area contributed by atoms with Crippen LogP contribution in [0.1, 0.15) is 28.7 Å². The highest BCUT2D eigenvalue weighted by Crippen LogP contribution is 2.39. The minimum Gasteiger partial charge on any atom is -0.507 e. The lowest BCUT2D eigenvalue weighted by Crippen LogP contribution is -2.35. The lowest BCUT2D eigenvalue weighted by atomic mass is 9.95. The molecular weight excluding hydrogens is 384 g/mol. The Hall–Kier alpha value is -3.26. The number of carbonyl (C=O) groups excluding carboxylic acids is 2. The van der Waals surface area contributed by atoms with Gasteiger partial charge in [0.2, 0.25) is 0 Å². The van der Waals surface area contributed by atoms with Gasteiger partial charge in [-0.15, -0.1) is 0 Å². The summed E-state index contributed by atoms with van der Waals surface area (Å²) >= 11 is 0. The third-order valence-corrected chi connectivity index (χ3v) is 5.11. The highest BCUT2D eigenvalue weighted by Gasteiger charge is 2.46. The largest absolute Gasteiger partial charge is 0.507 e. The number of likely N-dealkylation sites (tertiary alicyclic amines) is 1. The van der Waals surface area contributed by atoms with E-state index in [0.29, 0.717) is 41.5 Å². The van der Waals surface area contributed by atoms with Crippen LogP contribution in [-0.4, -0.2) is 70.9 Å². The molecule has 1 fully saturated rings. The Morgan fingerprint density at radius 3 is 2.43 bits per heavy atom. The normalized spacial score (nSPS) is 18.3. The van der Waals surface area contributed by atoms with Gasteiger partial charge >= 0.3 is 0 Å². The van der Waals surface area contributed by atoms with Crippen LogP contribution in [0.15, 0.2) is 36.0 Å². The van der Waals surface area contributed by atoms with E-state index in [1.54, 1.807) is 45.2 Å². The summed E-state index contributed by atoms with van der Waals surface area (Å²) in [6, 6.07) is 6.41. The molecule has 0 unspecified atom stereocenters. The van der Waals surface area contributed by atoms with Crippen LogP contribution in [0, 0.1) is 13.8 Å². The smallest absolute Gasteiger partial charge is 0.295 e. The lowest BCUT2D eigenvalue weighted by Gasteiger charge is -2.26. The summed E-state index contributed by atoms with van der Waals surface area (Å²) < 4.78 is 5.22. The summed E-state index contributed by atoms with van der Waals surface area (Å²) in [4.78, 5) is 37.7. The second-order valence-electron chi connectivity index (χ2n) is 7.49. The number of amides is 1. The Labute approximate surface area is 175 Å². The van der Waals surface area contributed by atoms with Crippen LogP contribution in [0.2, 0.25) is 0 Å². The van der Waals surface area contributed by atoms with Gasteiger partial charge in [0.25, 0.3) is 11.7 Å². The number of hydrogen-bond acceptors (Lipinski definition) is 7. The fraction of sp³-hybridized carbons (Fsp3) is 0.364. The number of aliphatic hydroxyl groups excluding tert-OH is 1. The third kappa shape index (κ3) is 4.04. The number of likely N-dealkylation sites (N-methyl/N-ethyl adjacent to an activating group) is 1. The number of aromatic nitrogens is 2. The number of nitrogens with zero attached hydrogens (tertiary/aromatic N) is 4. The number of ketones is 1.